The molecule has 2 aromatic carbocycles. The molecular formula is C13H14ClN5. The van der Waals surface area contributed by atoms with Gasteiger partial charge in [-0.15, -0.1) is 12.4 Å². The monoisotopic (exact) mass is 275 g/mol. The van der Waals surface area contributed by atoms with E-state index in [0.717, 1.165) is 16.3 Å². The zero-order valence-electron chi connectivity index (χ0n) is 10.1. The van der Waals surface area contributed by atoms with Crippen molar-refractivity contribution < 1.29 is 0 Å². The van der Waals surface area contributed by atoms with Gasteiger partial charge in [-0.3, -0.25) is 0 Å². The predicted molar refractivity (Wildman–Crippen MR) is 84.1 cm³/mol. The van der Waals surface area contributed by atoms with E-state index in [4.69, 9.17) is 22.9 Å². The summed E-state index contributed by atoms with van der Waals surface area (Å²) >= 11 is 0. The van der Waals surface area contributed by atoms with E-state index in [1.165, 1.54) is 0 Å². The van der Waals surface area contributed by atoms with Crippen LogP contribution in [-0.2, 0) is 0 Å². The van der Waals surface area contributed by atoms with Crippen molar-refractivity contribution >= 4 is 57.0 Å². The topological polar surface area (TPSA) is 117 Å². The summed E-state index contributed by atoms with van der Waals surface area (Å²) in [5, 5.41) is 1.72. The molecule has 5 nitrogen and oxygen atoms in total. The smallest absolute Gasteiger partial charge is 0.0982 e. The second kappa shape index (κ2) is 4.37. The van der Waals surface area contributed by atoms with Gasteiger partial charge in [-0.2, -0.15) is 0 Å². The first-order chi connectivity index (χ1) is 8.59. The molecule has 0 aliphatic carbocycles. The molecule has 0 saturated heterocycles. The zero-order chi connectivity index (χ0) is 12.9. The van der Waals surface area contributed by atoms with E-state index < -0.39 is 0 Å². The van der Waals surface area contributed by atoms with Crippen molar-refractivity contribution in [2.45, 2.75) is 0 Å². The Kier molecular flexibility index (Phi) is 3.00. The van der Waals surface area contributed by atoms with E-state index in [-0.39, 0.29) is 12.4 Å². The second-order valence-electron chi connectivity index (χ2n) is 4.23. The van der Waals surface area contributed by atoms with Crippen molar-refractivity contribution in [3.05, 3.63) is 30.3 Å². The number of rotatable bonds is 0. The Morgan fingerprint density at radius 2 is 1.42 bits per heavy atom. The molecule has 0 unspecified atom stereocenters. The third-order valence-electron chi connectivity index (χ3n) is 3.14. The van der Waals surface area contributed by atoms with Crippen LogP contribution in [0.3, 0.4) is 0 Å². The molecule has 3 rings (SSSR count). The van der Waals surface area contributed by atoms with Crippen molar-refractivity contribution in [1.82, 2.24) is 4.98 Å². The van der Waals surface area contributed by atoms with Crippen molar-refractivity contribution in [3.63, 3.8) is 0 Å². The van der Waals surface area contributed by atoms with Gasteiger partial charge < -0.3 is 22.9 Å². The van der Waals surface area contributed by atoms with Crippen LogP contribution in [0.5, 0.6) is 0 Å². The molecular weight excluding hydrogens is 262 g/mol. The molecule has 0 radical (unpaired) electrons. The summed E-state index contributed by atoms with van der Waals surface area (Å²) in [5.41, 5.74) is 26.4. The normalized spacial score (nSPS) is 10.5. The summed E-state index contributed by atoms with van der Waals surface area (Å²) in [7, 11) is 0. The van der Waals surface area contributed by atoms with Crippen LogP contribution in [0.4, 0.5) is 22.7 Å². The van der Waals surface area contributed by atoms with Gasteiger partial charge in [0.15, 0.2) is 0 Å². The highest BCUT2D eigenvalue weighted by molar-refractivity contribution is 6.12. The van der Waals surface area contributed by atoms with Crippen molar-refractivity contribution in [2.24, 2.45) is 0 Å². The largest absolute Gasteiger partial charge is 0.396 e. The molecule has 3 aromatic rings. The molecule has 8 N–H and O–H groups in total. The molecule has 1 aromatic heterocycles. The highest BCUT2D eigenvalue weighted by atomic mass is 35.5. The first kappa shape index (κ1) is 13.0. The maximum atomic E-state index is 5.98. The molecule has 0 aliphatic heterocycles. The summed E-state index contributed by atoms with van der Waals surface area (Å²) in [6.45, 7) is 0. The Labute approximate surface area is 116 Å². The Morgan fingerprint density at radius 1 is 0.789 bits per heavy atom. The number of pyridine rings is 1. The SMILES string of the molecule is Cl.Nc1c(N)c(N)c2nc3ccccc3cc2c1N. The number of aromatic nitrogens is 1. The van der Waals surface area contributed by atoms with E-state index >= 15 is 0 Å². The summed E-state index contributed by atoms with van der Waals surface area (Å²) in [4.78, 5) is 4.50. The lowest BCUT2D eigenvalue weighted by Crippen LogP contribution is -2.06. The van der Waals surface area contributed by atoms with Gasteiger partial charge >= 0.3 is 0 Å². The van der Waals surface area contributed by atoms with E-state index in [0.29, 0.717) is 28.3 Å². The van der Waals surface area contributed by atoms with Crippen molar-refractivity contribution in [3.8, 4) is 0 Å². The van der Waals surface area contributed by atoms with E-state index in [2.05, 4.69) is 4.98 Å². The number of fused-ring (bicyclic) bond motifs is 2. The third kappa shape index (κ3) is 1.75. The highest BCUT2D eigenvalue weighted by Crippen LogP contribution is 2.38. The van der Waals surface area contributed by atoms with Crippen LogP contribution in [0, 0.1) is 0 Å². The molecule has 6 heteroatoms. The van der Waals surface area contributed by atoms with E-state index in [1.54, 1.807) is 0 Å². The van der Waals surface area contributed by atoms with Crippen LogP contribution in [0.2, 0.25) is 0 Å². The third-order valence-corrected chi connectivity index (χ3v) is 3.14. The fraction of sp³-hybridized carbons (Fsp3) is 0. The molecule has 1 heterocycles. The van der Waals surface area contributed by atoms with Gasteiger partial charge in [0.2, 0.25) is 0 Å². The standard InChI is InChI=1S/C13H13N5.ClH/c14-9-7-5-6-3-1-2-4-8(6)18-13(7)12(17)11(16)10(9)15;/h1-5H,14-17H2;1H. The summed E-state index contributed by atoms with van der Waals surface area (Å²) in [6.07, 6.45) is 0. The molecule has 0 saturated carbocycles. The minimum Gasteiger partial charge on any atom is -0.396 e. The molecule has 98 valence electrons. The number of hydrogen-bond acceptors (Lipinski definition) is 5. The fourth-order valence-electron chi connectivity index (χ4n) is 2.09. The number of anilines is 4. The molecule has 0 aliphatic rings. The van der Waals surface area contributed by atoms with Crippen LogP contribution in [0.25, 0.3) is 21.8 Å². The number of nitrogens with zero attached hydrogens (tertiary/aromatic N) is 1. The van der Waals surface area contributed by atoms with Crippen LogP contribution >= 0.6 is 12.4 Å². The van der Waals surface area contributed by atoms with Gasteiger partial charge in [0.25, 0.3) is 0 Å². The van der Waals surface area contributed by atoms with Gasteiger partial charge in [-0.25, -0.2) is 4.98 Å². The van der Waals surface area contributed by atoms with Gasteiger partial charge in [0.05, 0.1) is 33.8 Å². The Balaban J connectivity index is 0.00000133. The van der Waals surface area contributed by atoms with Crippen LogP contribution in [0.15, 0.2) is 30.3 Å². The number of nitrogen functional groups attached to an aromatic ring is 4. The van der Waals surface area contributed by atoms with E-state index in [1.807, 2.05) is 30.3 Å². The average molecular weight is 276 g/mol. The highest BCUT2D eigenvalue weighted by Gasteiger charge is 2.13. The number of nitrogens with two attached hydrogens (primary N) is 4. The number of para-hydroxylation sites is 1. The van der Waals surface area contributed by atoms with E-state index in [9.17, 15) is 0 Å². The lowest BCUT2D eigenvalue weighted by Gasteiger charge is -2.12. The second-order valence-corrected chi connectivity index (χ2v) is 4.23. The zero-order valence-corrected chi connectivity index (χ0v) is 10.9. The molecule has 0 bridgehead atoms. The number of halogens is 1. The van der Waals surface area contributed by atoms with Crippen LogP contribution < -0.4 is 22.9 Å². The molecule has 0 atom stereocenters. The summed E-state index contributed by atoms with van der Waals surface area (Å²) in [6, 6.07) is 9.66. The van der Waals surface area contributed by atoms with Crippen molar-refractivity contribution in [2.75, 3.05) is 22.9 Å². The van der Waals surface area contributed by atoms with Gasteiger partial charge in [0, 0.05) is 10.8 Å². The molecule has 0 amide bonds. The first-order valence-electron chi connectivity index (χ1n) is 5.51. The minimum absolute atomic E-state index is 0. The quantitative estimate of drug-likeness (QED) is 0.370. The minimum atomic E-state index is 0. The first-order valence-corrected chi connectivity index (χ1v) is 5.51. The molecule has 0 fully saturated rings. The summed E-state index contributed by atoms with van der Waals surface area (Å²) in [5.74, 6) is 0. The van der Waals surface area contributed by atoms with Crippen LogP contribution in [-0.4, -0.2) is 4.98 Å². The number of benzene rings is 2. The Morgan fingerprint density at radius 3 is 2.16 bits per heavy atom. The molecule has 19 heavy (non-hydrogen) atoms. The Hall–Kier alpha value is -2.40. The lowest BCUT2D eigenvalue weighted by atomic mass is 10.1. The molecule has 0 spiro atoms. The van der Waals surface area contributed by atoms with Crippen molar-refractivity contribution in [1.29, 1.82) is 0 Å². The van der Waals surface area contributed by atoms with Gasteiger partial charge in [-0.1, -0.05) is 18.2 Å². The summed E-state index contributed by atoms with van der Waals surface area (Å²) < 4.78 is 0. The fourth-order valence-corrected chi connectivity index (χ4v) is 2.09. The Bertz CT molecular complexity index is 719. The average Bonchev–Trinajstić information content (AvgIpc) is 2.41. The number of hydrogen-bond donors (Lipinski definition) is 4. The lowest BCUT2D eigenvalue weighted by molar-refractivity contribution is 1.49. The maximum Gasteiger partial charge on any atom is 0.0982 e. The predicted octanol–water partition coefficient (Wildman–Crippen LogP) is 2.14. The van der Waals surface area contributed by atoms with Gasteiger partial charge in [0.1, 0.15) is 0 Å². The van der Waals surface area contributed by atoms with Crippen LogP contribution in [0.1, 0.15) is 0 Å². The maximum absolute atomic E-state index is 5.98. The van der Waals surface area contributed by atoms with Gasteiger partial charge in [-0.05, 0) is 12.1 Å².